The first-order chi connectivity index (χ1) is 6.33. The normalized spacial score (nSPS) is 28.2. The highest BCUT2D eigenvalue weighted by Gasteiger charge is 2.28. The molecule has 2 heterocycles. The lowest BCUT2D eigenvalue weighted by Crippen LogP contribution is -2.12. The number of nitrogens with zero attached hydrogens (tertiary/aromatic N) is 2. The fraction of sp³-hybridized carbons (Fsp3) is 0.700. The van der Waals surface area contributed by atoms with Crippen LogP contribution in [-0.4, -0.2) is 22.6 Å². The predicted molar refractivity (Wildman–Crippen MR) is 52.6 cm³/mol. The van der Waals surface area contributed by atoms with Gasteiger partial charge in [0.15, 0.2) is 0 Å². The lowest BCUT2D eigenvalue weighted by molar-refractivity contribution is 0.485. The molecule has 0 saturated carbocycles. The van der Waals surface area contributed by atoms with Crippen LogP contribution in [0.15, 0.2) is 12.5 Å². The quantitative estimate of drug-likeness (QED) is 0.737. The number of imidazole rings is 1. The van der Waals surface area contributed by atoms with Gasteiger partial charge in [-0.2, -0.15) is 0 Å². The molecule has 0 spiro atoms. The van der Waals surface area contributed by atoms with Crippen molar-refractivity contribution in [3.8, 4) is 0 Å². The van der Waals surface area contributed by atoms with E-state index in [0.29, 0.717) is 5.92 Å². The Labute approximate surface area is 79.2 Å². The Morgan fingerprint density at radius 1 is 1.62 bits per heavy atom. The Morgan fingerprint density at radius 3 is 3.08 bits per heavy atom. The molecule has 2 unspecified atom stereocenters. The summed E-state index contributed by atoms with van der Waals surface area (Å²) >= 11 is 0. The minimum atomic E-state index is 0.664. The zero-order chi connectivity index (χ0) is 9.26. The average molecular weight is 179 g/mol. The molecule has 1 aromatic heterocycles. The fourth-order valence-corrected chi connectivity index (χ4v) is 2.23. The van der Waals surface area contributed by atoms with Crippen molar-refractivity contribution in [2.45, 2.75) is 19.3 Å². The third-order valence-electron chi connectivity index (χ3n) is 3.10. The molecular formula is C10H17N3. The van der Waals surface area contributed by atoms with E-state index in [0.717, 1.165) is 19.0 Å². The van der Waals surface area contributed by atoms with E-state index in [2.05, 4.69) is 28.8 Å². The maximum absolute atomic E-state index is 4.17. The van der Waals surface area contributed by atoms with Crippen molar-refractivity contribution in [1.29, 1.82) is 0 Å². The van der Waals surface area contributed by atoms with Crippen molar-refractivity contribution in [3.05, 3.63) is 18.2 Å². The second kappa shape index (κ2) is 3.50. The Kier molecular flexibility index (Phi) is 2.36. The molecule has 1 N–H and O–H groups in total. The first kappa shape index (κ1) is 8.75. The highest BCUT2D eigenvalue weighted by molar-refractivity contribution is 5.11. The minimum Gasteiger partial charge on any atom is -0.337 e. The topological polar surface area (TPSA) is 29.9 Å². The Bertz CT molecular complexity index is 279. The van der Waals surface area contributed by atoms with E-state index in [4.69, 9.17) is 0 Å². The Morgan fingerprint density at radius 2 is 2.46 bits per heavy atom. The molecule has 72 valence electrons. The van der Waals surface area contributed by atoms with Crippen LogP contribution in [0, 0.1) is 5.92 Å². The van der Waals surface area contributed by atoms with Gasteiger partial charge in [-0.1, -0.05) is 13.3 Å². The summed E-state index contributed by atoms with van der Waals surface area (Å²) in [6, 6.07) is 0. The summed E-state index contributed by atoms with van der Waals surface area (Å²) in [5, 5.41) is 3.45. The molecule has 1 aliphatic rings. The molecule has 1 fully saturated rings. The number of nitrogens with one attached hydrogen (secondary N) is 1. The average Bonchev–Trinajstić information content (AvgIpc) is 2.71. The van der Waals surface area contributed by atoms with Gasteiger partial charge in [0.05, 0.1) is 6.33 Å². The molecule has 0 aliphatic carbocycles. The van der Waals surface area contributed by atoms with Gasteiger partial charge in [-0.3, -0.25) is 0 Å². The highest BCUT2D eigenvalue weighted by Crippen LogP contribution is 2.29. The van der Waals surface area contributed by atoms with Crippen molar-refractivity contribution < 1.29 is 0 Å². The number of hydrogen-bond donors (Lipinski definition) is 1. The van der Waals surface area contributed by atoms with Crippen LogP contribution in [0.1, 0.15) is 25.0 Å². The molecule has 2 rings (SSSR count). The maximum atomic E-state index is 4.17. The van der Waals surface area contributed by atoms with Crippen molar-refractivity contribution in [1.82, 2.24) is 14.9 Å². The Balaban J connectivity index is 2.20. The molecule has 2 atom stereocenters. The van der Waals surface area contributed by atoms with Crippen molar-refractivity contribution in [2.24, 2.45) is 13.0 Å². The van der Waals surface area contributed by atoms with Crippen LogP contribution >= 0.6 is 0 Å². The van der Waals surface area contributed by atoms with E-state index >= 15 is 0 Å². The van der Waals surface area contributed by atoms with Gasteiger partial charge in [0.1, 0.15) is 0 Å². The van der Waals surface area contributed by atoms with Gasteiger partial charge >= 0.3 is 0 Å². The van der Waals surface area contributed by atoms with Gasteiger partial charge in [0, 0.05) is 31.4 Å². The molecule has 0 aromatic carbocycles. The SMILES string of the molecule is CCC1CNCC1c1cncn1C. The lowest BCUT2D eigenvalue weighted by atomic mass is 9.91. The highest BCUT2D eigenvalue weighted by atomic mass is 15.0. The van der Waals surface area contributed by atoms with E-state index in [1.54, 1.807) is 0 Å². The van der Waals surface area contributed by atoms with E-state index in [9.17, 15) is 0 Å². The summed E-state index contributed by atoms with van der Waals surface area (Å²) in [6.07, 6.45) is 5.14. The van der Waals surface area contributed by atoms with Gasteiger partial charge in [0.25, 0.3) is 0 Å². The molecule has 1 saturated heterocycles. The predicted octanol–water partition coefficient (Wildman–Crippen LogP) is 1.13. The van der Waals surface area contributed by atoms with E-state index in [1.165, 1.54) is 12.1 Å². The molecule has 13 heavy (non-hydrogen) atoms. The molecule has 1 aliphatic heterocycles. The van der Waals surface area contributed by atoms with Gasteiger partial charge in [-0.25, -0.2) is 4.98 Å². The standard InChI is InChI=1S/C10H17N3/c1-3-8-4-11-5-9(8)10-6-12-7-13(10)2/h6-9,11H,3-5H2,1-2H3. The van der Waals surface area contributed by atoms with Crippen LogP contribution in [0.25, 0.3) is 0 Å². The minimum absolute atomic E-state index is 0.664. The zero-order valence-electron chi connectivity index (χ0n) is 8.33. The maximum Gasteiger partial charge on any atom is 0.0945 e. The fourth-order valence-electron chi connectivity index (χ4n) is 2.23. The summed E-state index contributed by atoms with van der Waals surface area (Å²) in [5.74, 6) is 1.45. The third kappa shape index (κ3) is 1.48. The van der Waals surface area contributed by atoms with Gasteiger partial charge in [-0.15, -0.1) is 0 Å². The third-order valence-corrected chi connectivity index (χ3v) is 3.10. The first-order valence-corrected chi connectivity index (χ1v) is 5.00. The van der Waals surface area contributed by atoms with E-state index in [1.807, 2.05) is 12.5 Å². The van der Waals surface area contributed by atoms with E-state index < -0.39 is 0 Å². The zero-order valence-corrected chi connectivity index (χ0v) is 8.33. The second-order valence-electron chi connectivity index (χ2n) is 3.86. The van der Waals surface area contributed by atoms with Crippen LogP contribution in [-0.2, 0) is 7.05 Å². The summed E-state index contributed by atoms with van der Waals surface area (Å²) in [6.45, 7) is 4.53. The largest absolute Gasteiger partial charge is 0.337 e. The molecule has 0 radical (unpaired) electrons. The summed E-state index contributed by atoms with van der Waals surface area (Å²) in [5.41, 5.74) is 1.37. The number of rotatable bonds is 2. The molecule has 1 aromatic rings. The van der Waals surface area contributed by atoms with Gasteiger partial charge < -0.3 is 9.88 Å². The van der Waals surface area contributed by atoms with Crippen LogP contribution in [0.4, 0.5) is 0 Å². The number of hydrogen-bond acceptors (Lipinski definition) is 2. The number of aryl methyl sites for hydroxylation is 1. The smallest absolute Gasteiger partial charge is 0.0945 e. The monoisotopic (exact) mass is 179 g/mol. The summed E-state index contributed by atoms with van der Waals surface area (Å²) in [7, 11) is 2.08. The molecule has 0 amide bonds. The lowest BCUT2D eigenvalue weighted by Gasteiger charge is -2.16. The van der Waals surface area contributed by atoms with Crippen molar-refractivity contribution >= 4 is 0 Å². The van der Waals surface area contributed by atoms with E-state index in [-0.39, 0.29) is 0 Å². The summed E-state index contributed by atoms with van der Waals surface area (Å²) in [4.78, 5) is 4.17. The van der Waals surface area contributed by atoms with Crippen LogP contribution < -0.4 is 5.32 Å². The van der Waals surface area contributed by atoms with Gasteiger partial charge in [0.2, 0.25) is 0 Å². The van der Waals surface area contributed by atoms with Crippen molar-refractivity contribution in [3.63, 3.8) is 0 Å². The second-order valence-corrected chi connectivity index (χ2v) is 3.86. The Hall–Kier alpha value is -0.830. The molecular weight excluding hydrogens is 162 g/mol. The first-order valence-electron chi connectivity index (χ1n) is 5.00. The van der Waals surface area contributed by atoms with Crippen LogP contribution in [0.2, 0.25) is 0 Å². The number of aromatic nitrogens is 2. The molecule has 3 heteroatoms. The van der Waals surface area contributed by atoms with Crippen LogP contribution in [0.5, 0.6) is 0 Å². The van der Waals surface area contributed by atoms with Gasteiger partial charge in [-0.05, 0) is 12.5 Å². The molecule has 3 nitrogen and oxygen atoms in total. The van der Waals surface area contributed by atoms with Crippen molar-refractivity contribution in [2.75, 3.05) is 13.1 Å². The molecule has 0 bridgehead atoms. The summed E-state index contributed by atoms with van der Waals surface area (Å²) < 4.78 is 2.14. The van der Waals surface area contributed by atoms with Crippen LogP contribution in [0.3, 0.4) is 0 Å².